The van der Waals surface area contributed by atoms with Crippen molar-refractivity contribution in [2.45, 2.75) is 20.1 Å². The summed E-state index contributed by atoms with van der Waals surface area (Å²) in [5, 5.41) is 9.25. The SMILES string of the molecule is Cc1cc(OCc2ccc(F)cc2F)cc(=O)n1-c1cccc(CO)c1. The van der Waals surface area contributed by atoms with Crippen molar-refractivity contribution in [3.63, 3.8) is 0 Å². The number of aliphatic hydroxyl groups is 1. The van der Waals surface area contributed by atoms with E-state index in [-0.39, 0.29) is 24.3 Å². The van der Waals surface area contributed by atoms with E-state index in [0.717, 1.165) is 12.1 Å². The normalized spacial score (nSPS) is 10.8. The first-order valence-electron chi connectivity index (χ1n) is 7.98. The second kappa shape index (κ2) is 7.49. The number of halogens is 2. The van der Waals surface area contributed by atoms with Gasteiger partial charge in [0.1, 0.15) is 24.0 Å². The predicted octanol–water partition coefficient (Wildman–Crippen LogP) is 3.50. The van der Waals surface area contributed by atoms with E-state index in [1.54, 1.807) is 37.3 Å². The van der Waals surface area contributed by atoms with Crippen molar-refractivity contribution >= 4 is 0 Å². The maximum Gasteiger partial charge on any atom is 0.258 e. The largest absolute Gasteiger partial charge is 0.489 e. The van der Waals surface area contributed by atoms with Crippen LogP contribution in [0.5, 0.6) is 5.75 Å². The molecule has 2 aromatic carbocycles. The van der Waals surface area contributed by atoms with Crippen molar-refractivity contribution in [3.8, 4) is 11.4 Å². The number of benzene rings is 2. The van der Waals surface area contributed by atoms with Gasteiger partial charge in [0.05, 0.1) is 6.61 Å². The van der Waals surface area contributed by atoms with E-state index in [4.69, 9.17) is 4.74 Å². The molecule has 6 heteroatoms. The number of hydrogen-bond donors (Lipinski definition) is 1. The van der Waals surface area contributed by atoms with Crippen molar-refractivity contribution < 1.29 is 18.6 Å². The van der Waals surface area contributed by atoms with Crippen molar-refractivity contribution in [2.75, 3.05) is 0 Å². The van der Waals surface area contributed by atoms with E-state index in [0.29, 0.717) is 22.7 Å². The highest BCUT2D eigenvalue weighted by atomic mass is 19.1. The summed E-state index contributed by atoms with van der Waals surface area (Å²) in [5.41, 5.74) is 1.84. The highest BCUT2D eigenvalue weighted by Gasteiger charge is 2.09. The molecule has 26 heavy (non-hydrogen) atoms. The number of pyridine rings is 1. The van der Waals surface area contributed by atoms with Crippen LogP contribution in [0.2, 0.25) is 0 Å². The van der Waals surface area contributed by atoms with Crippen LogP contribution in [0.3, 0.4) is 0 Å². The van der Waals surface area contributed by atoms with Crippen LogP contribution in [0.25, 0.3) is 5.69 Å². The first-order valence-corrected chi connectivity index (χ1v) is 7.98. The molecule has 0 radical (unpaired) electrons. The van der Waals surface area contributed by atoms with E-state index in [1.807, 2.05) is 0 Å². The Balaban J connectivity index is 1.86. The molecule has 4 nitrogen and oxygen atoms in total. The summed E-state index contributed by atoms with van der Waals surface area (Å²) in [7, 11) is 0. The molecule has 134 valence electrons. The minimum absolute atomic E-state index is 0.116. The van der Waals surface area contributed by atoms with Gasteiger partial charge in [-0.1, -0.05) is 12.1 Å². The molecule has 0 bridgehead atoms. The molecule has 1 N–H and O–H groups in total. The third-order valence-corrected chi connectivity index (χ3v) is 3.95. The van der Waals surface area contributed by atoms with Gasteiger partial charge in [-0.2, -0.15) is 0 Å². The quantitative estimate of drug-likeness (QED) is 0.760. The Labute approximate surface area is 148 Å². The monoisotopic (exact) mass is 357 g/mol. The summed E-state index contributed by atoms with van der Waals surface area (Å²) < 4.78 is 33.6. The zero-order chi connectivity index (χ0) is 18.7. The van der Waals surface area contributed by atoms with Gasteiger partial charge in [-0.15, -0.1) is 0 Å². The molecule has 0 unspecified atom stereocenters. The van der Waals surface area contributed by atoms with E-state index < -0.39 is 11.6 Å². The summed E-state index contributed by atoms with van der Waals surface area (Å²) in [6.07, 6.45) is 0. The highest BCUT2D eigenvalue weighted by Crippen LogP contribution is 2.18. The fourth-order valence-corrected chi connectivity index (χ4v) is 2.68. The number of ether oxygens (including phenoxy) is 1. The Bertz CT molecular complexity index is 999. The van der Waals surface area contributed by atoms with Gasteiger partial charge in [-0.05, 0) is 36.8 Å². The summed E-state index contributed by atoms with van der Waals surface area (Å²) in [4.78, 5) is 12.5. The lowest BCUT2D eigenvalue weighted by atomic mass is 10.2. The van der Waals surface area contributed by atoms with Crippen molar-refractivity contribution in [2.24, 2.45) is 0 Å². The average molecular weight is 357 g/mol. The smallest absolute Gasteiger partial charge is 0.258 e. The third kappa shape index (κ3) is 3.81. The second-order valence-electron chi connectivity index (χ2n) is 5.86. The van der Waals surface area contributed by atoms with Gasteiger partial charge < -0.3 is 9.84 Å². The number of hydrogen-bond acceptors (Lipinski definition) is 3. The number of rotatable bonds is 5. The van der Waals surface area contributed by atoms with Crippen molar-refractivity contribution in [1.29, 1.82) is 0 Å². The van der Waals surface area contributed by atoms with Gasteiger partial charge in [-0.3, -0.25) is 9.36 Å². The summed E-state index contributed by atoms with van der Waals surface area (Å²) in [5.74, 6) is -1.06. The molecular formula is C20H17F2NO3. The Morgan fingerprint density at radius 2 is 1.88 bits per heavy atom. The average Bonchev–Trinajstić information content (AvgIpc) is 2.60. The Morgan fingerprint density at radius 3 is 2.58 bits per heavy atom. The number of aryl methyl sites for hydroxylation is 1. The van der Waals surface area contributed by atoms with Crippen LogP contribution in [0, 0.1) is 18.6 Å². The molecule has 0 fully saturated rings. The summed E-state index contributed by atoms with van der Waals surface area (Å²) in [6.45, 7) is 1.51. The number of aromatic nitrogens is 1. The van der Waals surface area contributed by atoms with Crippen LogP contribution in [0.1, 0.15) is 16.8 Å². The van der Waals surface area contributed by atoms with Crippen LogP contribution < -0.4 is 10.3 Å². The lowest BCUT2D eigenvalue weighted by Crippen LogP contribution is -2.20. The molecule has 0 spiro atoms. The zero-order valence-corrected chi connectivity index (χ0v) is 14.1. The zero-order valence-electron chi connectivity index (χ0n) is 14.1. The van der Waals surface area contributed by atoms with E-state index in [2.05, 4.69) is 0 Å². The second-order valence-corrected chi connectivity index (χ2v) is 5.86. The fraction of sp³-hybridized carbons (Fsp3) is 0.150. The van der Waals surface area contributed by atoms with Gasteiger partial charge in [0.15, 0.2) is 0 Å². The van der Waals surface area contributed by atoms with E-state index in [1.165, 1.54) is 16.7 Å². The maximum absolute atomic E-state index is 13.7. The molecule has 0 aliphatic carbocycles. The molecule has 0 saturated carbocycles. The molecule has 0 amide bonds. The molecule has 0 aliphatic heterocycles. The summed E-state index contributed by atoms with van der Waals surface area (Å²) in [6, 6.07) is 13.2. The number of aliphatic hydroxyl groups excluding tert-OH is 1. The first-order chi connectivity index (χ1) is 12.5. The summed E-state index contributed by atoms with van der Waals surface area (Å²) >= 11 is 0. The van der Waals surface area contributed by atoms with Crippen LogP contribution in [-0.2, 0) is 13.2 Å². The molecule has 0 atom stereocenters. The molecular weight excluding hydrogens is 340 g/mol. The van der Waals surface area contributed by atoms with Gasteiger partial charge in [0.25, 0.3) is 5.56 Å². The Hall–Kier alpha value is -2.99. The van der Waals surface area contributed by atoms with Gasteiger partial charge in [0.2, 0.25) is 0 Å². The molecule has 0 aliphatic rings. The van der Waals surface area contributed by atoms with E-state index >= 15 is 0 Å². The van der Waals surface area contributed by atoms with Crippen LogP contribution in [0.4, 0.5) is 8.78 Å². The fourth-order valence-electron chi connectivity index (χ4n) is 2.68. The molecule has 0 saturated heterocycles. The van der Waals surface area contributed by atoms with Gasteiger partial charge in [-0.25, -0.2) is 8.78 Å². The minimum Gasteiger partial charge on any atom is -0.489 e. The minimum atomic E-state index is -0.698. The highest BCUT2D eigenvalue weighted by molar-refractivity contribution is 5.39. The molecule has 3 aromatic rings. The van der Waals surface area contributed by atoms with E-state index in [9.17, 15) is 18.7 Å². The predicted molar refractivity (Wildman–Crippen MR) is 93.4 cm³/mol. The molecule has 3 rings (SSSR count). The Kier molecular flexibility index (Phi) is 5.14. The van der Waals surface area contributed by atoms with Gasteiger partial charge >= 0.3 is 0 Å². The van der Waals surface area contributed by atoms with Crippen LogP contribution in [-0.4, -0.2) is 9.67 Å². The Morgan fingerprint density at radius 1 is 1.08 bits per heavy atom. The lowest BCUT2D eigenvalue weighted by Gasteiger charge is -2.13. The van der Waals surface area contributed by atoms with Crippen molar-refractivity contribution in [1.82, 2.24) is 4.57 Å². The van der Waals surface area contributed by atoms with Crippen molar-refractivity contribution in [3.05, 3.63) is 93.4 Å². The first kappa shape index (κ1) is 17.8. The van der Waals surface area contributed by atoms with Crippen LogP contribution in [0.15, 0.2) is 59.4 Å². The molecule has 1 aromatic heterocycles. The van der Waals surface area contributed by atoms with Gasteiger partial charge in [0, 0.05) is 35.1 Å². The van der Waals surface area contributed by atoms with Crippen LogP contribution >= 0.6 is 0 Å². The maximum atomic E-state index is 13.7. The standard InChI is InChI=1S/C20H17F2NO3/c1-13-7-18(26-12-15-5-6-16(21)9-19(15)22)10-20(25)23(13)17-4-2-3-14(8-17)11-24/h2-10,24H,11-12H2,1H3. The number of nitrogens with zero attached hydrogens (tertiary/aromatic N) is 1. The topological polar surface area (TPSA) is 51.5 Å². The third-order valence-electron chi connectivity index (χ3n) is 3.95. The lowest BCUT2D eigenvalue weighted by molar-refractivity contribution is 0.282. The molecule has 1 heterocycles.